The van der Waals surface area contributed by atoms with Gasteiger partial charge in [0.1, 0.15) is 0 Å². The first kappa shape index (κ1) is 15.8. The number of para-hydroxylation sites is 1. The fourth-order valence-corrected chi connectivity index (χ4v) is 4.07. The van der Waals surface area contributed by atoms with Crippen LogP contribution in [0.25, 0.3) is 27.9 Å². The molecule has 3 aromatic carbocycles. The maximum Gasteiger partial charge on any atom is 0.197 e. The summed E-state index contributed by atoms with van der Waals surface area (Å²) in [6.07, 6.45) is 1.72. The van der Waals surface area contributed by atoms with Gasteiger partial charge in [-0.1, -0.05) is 48.5 Å². The van der Waals surface area contributed by atoms with Crippen molar-refractivity contribution in [3.05, 3.63) is 89.0 Å². The van der Waals surface area contributed by atoms with Gasteiger partial charge in [0.2, 0.25) is 0 Å². The summed E-state index contributed by atoms with van der Waals surface area (Å²) in [4.78, 5) is 25.3. The van der Waals surface area contributed by atoms with Crippen LogP contribution in [0, 0.1) is 0 Å². The molecule has 0 saturated carbocycles. The highest BCUT2D eigenvalue weighted by Gasteiger charge is 2.32. The molecule has 3 heteroatoms. The minimum atomic E-state index is -0.188. The van der Waals surface area contributed by atoms with Gasteiger partial charge in [-0.2, -0.15) is 0 Å². The van der Waals surface area contributed by atoms with E-state index in [4.69, 9.17) is 0 Å². The molecule has 0 N–H and O–H groups in total. The molecule has 0 unspecified atom stereocenters. The van der Waals surface area contributed by atoms with Crippen LogP contribution in [0.1, 0.15) is 33.2 Å². The van der Waals surface area contributed by atoms with Crippen molar-refractivity contribution in [1.29, 1.82) is 0 Å². The SMILES string of the molecule is CCn1c2ccccc2c2cc(C=C3C(=O)c4ccccc4C3=O)ccc21. The molecule has 0 atom stereocenters. The van der Waals surface area contributed by atoms with E-state index in [1.165, 1.54) is 10.9 Å². The van der Waals surface area contributed by atoms with Crippen LogP contribution in [0.15, 0.2) is 72.3 Å². The lowest BCUT2D eigenvalue weighted by molar-refractivity contribution is 0.0990. The third-order valence-corrected chi connectivity index (χ3v) is 5.33. The summed E-state index contributed by atoms with van der Waals surface area (Å²) in [5.41, 5.74) is 4.46. The first-order chi connectivity index (χ1) is 13.2. The lowest BCUT2D eigenvalue weighted by atomic mass is 10.0. The van der Waals surface area contributed by atoms with E-state index in [1.54, 1.807) is 30.3 Å². The number of nitrogens with zero attached hydrogens (tertiary/aromatic N) is 1. The zero-order chi connectivity index (χ0) is 18.5. The van der Waals surface area contributed by atoms with Gasteiger partial charge < -0.3 is 4.57 Å². The molecule has 0 radical (unpaired) electrons. The van der Waals surface area contributed by atoms with E-state index in [9.17, 15) is 9.59 Å². The van der Waals surface area contributed by atoms with Crippen molar-refractivity contribution in [1.82, 2.24) is 4.57 Å². The Hall–Kier alpha value is -3.46. The predicted molar refractivity (Wildman–Crippen MR) is 108 cm³/mol. The van der Waals surface area contributed by atoms with Crippen molar-refractivity contribution in [3.63, 3.8) is 0 Å². The average molecular weight is 351 g/mol. The lowest BCUT2D eigenvalue weighted by Gasteiger charge is -2.03. The van der Waals surface area contributed by atoms with Crippen LogP contribution in [-0.4, -0.2) is 16.1 Å². The summed E-state index contributed by atoms with van der Waals surface area (Å²) in [5.74, 6) is -0.377. The van der Waals surface area contributed by atoms with Gasteiger partial charge >= 0.3 is 0 Å². The quantitative estimate of drug-likeness (QED) is 0.364. The predicted octanol–water partition coefficient (Wildman–Crippen LogP) is 5.28. The summed E-state index contributed by atoms with van der Waals surface area (Å²) >= 11 is 0. The van der Waals surface area contributed by atoms with E-state index in [0.717, 1.165) is 23.0 Å². The molecule has 1 aliphatic carbocycles. The molecule has 0 amide bonds. The highest BCUT2D eigenvalue weighted by molar-refractivity contribution is 6.41. The fraction of sp³-hybridized carbons (Fsp3) is 0.0833. The van der Waals surface area contributed by atoms with Crippen LogP contribution < -0.4 is 0 Å². The lowest BCUT2D eigenvalue weighted by Crippen LogP contribution is -2.00. The minimum absolute atomic E-state index is 0.188. The second kappa shape index (κ2) is 5.78. The number of rotatable bonds is 2. The number of benzene rings is 3. The van der Waals surface area contributed by atoms with Crippen molar-refractivity contribution in [2.75, 3.05) is 0 Å². The van der Waals surface area contributed by atoms with Crippen LogP contribution in [0.5, 0.6) is 0 Å². The number of aryl methyl sites for hydroxylation is 1. The van der Waals surface area contributed by atoms with Crippen LogP contribution >= 0.6 is 0 Å². The Bertz CT molecular complexity index is 1250. The van der Waals surface area contributed by atoms with E-state index >= 15 is 0 Å². The molecule has 0 spiro atoms. The molecule has 0 fully saturated rings. The summed E-state index contributed by atoms with van der Waals surface area (Å²) in [7, 11) is 0. The molecule has 4 aromatic rings. The molecular weight excluding hydrogens is 334 g/mol. The highest BCUT2D eigenvalue weighted by atomic mass is 16.2. The Morgan fingerprint density at radius 3 is 2.11 bits per heavy atom. The zero-order valence-electron chi connectivity index (χ0n) is 14.9. The number of carbonyl (C=O) groups is 2. The van der Waals surface area contributed by atoms with Gasteiger partial charge in [0.25, 0.3) is 0 Å². The van der Waals surface area contributed by atoms with Crippen molar-refractivity contribution >= 4 is 39.4 Å². The summed E-state index contributed by atoms with van der Waals surface area (Å²) in [5, 5.41) is 2.32. The maximum atomic E-state index is 12.6. The number of Topliss-reactive ketones (excluding diaryl/α,β-unsaturated/α-hetero) is 2. The minimum Gasteiger partial charge on any atom is -0.341 e. The number of ketones is 2. The first-order valence-electron chi connectivity index (χ1n) is 9.10. The third-order valence-electron chi connectivity index (χ3n) is 5.33. The second-order valence-electron chi connectivity index (χ2n) is 6.80. The molecule has 1 aliphatic rings. The van der Waals surface area contributed by atoms with E-state index in [0.29, 0.717) is 11.1 Å². The van der Waals surface area contributed by atoms with E-state index in [1.807, 2.05) is 18.2 Å². The number of fused-ring (bicyclic) bond motifs is 4. The van der Waals surface area contributed by atoms with Crippen molar-refractivity contribution in [3.8, 4) is 0 Å². The molecule has 1 heterocycles. The first-order valence-corrected chi connectivity index (χ1v) is 9.10. The Morgan fingerprint density at radius 1 is 0.778 bits per heavy atom. The average Bonchev–Trinajstić information content (AvgIpc) is 3.15. The summed E-state index contributed by atoms with van der Waals surface area (Å²) < 4.78 is 2.28. The topological polar surface area (TPSA) is 39.1 Å². The van der Waals surface area contributed by atoms with Crippen LogP contribution in [0.2, 0.25) is 0 Å². The smallest absolute Gasteiger partial charge is 0.197 e. The standard InChI is InChI=1S/C24H17NO2/c1-2-25-21-10-6-5-7-16(21)19-13-15(11-12-22(19)25)14-20-23(26)17-8-3-4-9-18(17)24(20)27/h3-14H,2H2,1H3. The van der Waals surface area contributed by atoms with Gasteiger partial charge in [0.15, 0.2) is 11.6 Å². The molecule has 0 saturated heterocycles. The van der Waals surface area contributed by atoms with Gasteiger partial charge in [-0.25, -0.2) is 0 Å². The number of allylic oxidation sites excluding steroid dienone is 1. The van der Waals surface area contributed by atoms with Crippen LogP contribution in [-0.2, 0) is 6.54 Å². The van der Waals surface area contributed by atoms with Gasteiger partial charge in [-0.05, 0) is 36.8 Å². The number of aromatic nitrogens is 1. The van der Waals surface area contributed by atoms with Gasteiger partial charge in [-0.15, -0.1) is 0 Å². The van der Waals surface area contributed by atoms with E-state index in [2.05, 4.69) is 35.8 Å². The molecule has 0 bridgehead atoms. The van der Waals surface area contributed by atoms with Crippen molar-refractivity contribution in [2.45, 2.75) is 13.5 Å². The highest BCUT2D eigenvalue weighted by Crippen LogP contribution is 2.32. The molecular formula is C24H17NO2. The van der Waals surface area contributed by atoms with Crippen molar-refractivity contribution in [2.24, 2.45) is 0 Å². The number of hydrogen-bond donors (Lipinski definition) is 0. The molecule has 27 heavy (non-hydrogen) atoms. The molecule has 1 aromatic heterocycles. The van der Waals surface area contributed by atoms with Gasteiger partial charge in [-0.3, -0.25) is 9.59 Å². The Kier molecular flexibility index (Phi) is 3.37. The van der Waals surface area contributed by atoms with Crippen molar-refractivity contribution < 1.29 is 9.59 Å². The molecule has 3 nitrogen and oxygen atoms in total. The van der Waals surface area contributed by atoms with E-state index < -0.39 is 0 Å². The van der Waals surface area contributed by atoms with Crippen LogP contribution in [0.3, 0.4) is 0 Å². The molecule has 5 rings (SSSR count). The Morgan fingerprint density at radius 2 is 1.41 bits per heavy atom. The number of hydrogen-bond acceptors (Lipinski definition) is 2. The summed E-state index contributed by atoms with van der Waals surface area (Å²) in [6, 6.07) is 21.4. The monoisotopic (exact) mass is 351 g/mol. The Labute approximate surface area is 156 Å². The van der Waals surface area contributed by atoms with Gasteiger partial charge in [0.05, 0.1) is 5.57 Å². The molecule has 130 valence electrons. The van der Waals surface area contributed by atoms with Crippen LogP contribution in [0.4, 0.5) is 0 Å². The van der Waals surface area contributed by atoms with Gasteiger partial charge in [0, 0.05) is 39.5 Å². The maximum absolute atomic E-state index is 12.6. The summed E-state index contributed by atoms with van der Waals surface area (Å²) in [6.45, 7) is 3.02. The second-order valence-corrected chi connectivity index (χ2v) is 6.80. The fourth-order valence-electron chi connectivity index (χ4n) is 4.07. The largest absolute Gasteiger partial charge is 0.341 e. The molecule has 0 aliphatic heterocycles. The third kappa shape index (κ3) is 2.21. The zero-order valence-corrected chi connectivity index (χ0v) is 14.9. The normalized spacial score (nSPS) is 13.6. The number of carbonyl (C=O) groups excluding carboxylic acids is 2. The Balaban J connectivity index is 1.69. The van der Waals surface area contributed by atoms with E-state index in [-0.39, 0.29) is 17.1 Å².